The number of carbonyl (C=O) groups is 1. The molecule has 1 aromatic carbocycles. The lowest BCUT2D eigenvalue weighted by Crippen LogP contribution is -2.38. The highest BCUT2D eigenvalue weighted by molar-refractivity contribution is 7.13. The number of guanidine groups is 1. The van der Waals surface area contributed by atoms with E-state index >= 15 is 0 Å². The molecule has 0 radical (unpaired) electrons. The standard InChI is InChI=1S/C19H25N5O4S/c1-5-20-19(21-11-14-9-7-8-10-15(14)24(26)27)23-13(4)17-22-12(3)16(29-17)18(25)28-6-2/h7-10,13H,5-6,11H2,1-4H3,(H2,20,21,23). The summed E-state index contributed by atoms with van der Waals surface area (Å²) in [5, 5.41) is 18.2. The second kappa shape index (κ2) is 10.5. The van der Waals surface area contributed by atoms with Crippen LogP contribution in [0.2, 0.25) is 0 Å². The lowest BCUT2D eigenvalue weighted by Gasteiger charge is -2.16. The predicted molar refractivity (Wildman–Crippen MR) is 112 cm³/mol. The van der Waals surface area contributed by atoms with Crippen molar-refractivity contribution in [1.29, 1.82) is 0 Å². The number of esters is 1. The molecule has 0 saturated carbocycles. The molecular weight excluding hydrogens is 394 g/mol. The molecule has 0 bridgehead atoms. The molecular formula is C19H25N5O4S. The van der Waals surface area contributed by atoms with E-state index in [9.17, 15) is 14.9 Å². The van der Waals surface area contributed by atoms with Gasteiger partial charge in [-0.05, 0) is 27.7 Å². The third kappa shape index (κ3) is 5.98. The molecule has 0 saturated heterocycles. The third-order valence-corrected chi connectivity index (χ3v) is 5.26. The maximum Gasteiger partial charge on any atom is 0.350 e. The summed E-state index contributed by atoms with van der Waals surface area (Å²) in [5.41, 5.74) is 1.19. The maximum atomic E-state index is 12.0. The van der Waals surface area contributed by atoms with Gasteiger partial charge in [0.25, 0.3) is 5.69 Å². The zero-order valence-corrected chi connectivity index (χ0v) is 17.7. The molecule has 0 aliphatic rings. The molecule has 1 aromatic heterocycles. The first kappa shape index (κ1) is 22.3. The Balaban J connectivity index is 2.16. The molecule has 0 spiro atoms. The normalized spacial score (nSPS) is 12.3. The van der Waals surface area contributed by atoms with Crippen molar-refractivity contribution in [3.8, 4) is 0 Å². The number of nitro groups is 1. The highest BCUT2D eigenvalue weighted by atomic mass is 32.1. The first-order chi connectivity index (χ1) is 13.9. The van der Waals surface area contributed by atoms with Gasteiger partial charge >= 0.3 is 5.97 Å². The molecule has 29 heavy (non-hydrogen) atoms. The Bertz CT molecular complexity index is 896. The Morgan fingerprint density at radius 1 is 1.38 bits per heavy atom. The molecule has 2 rings (SSSR count). The second-order valence-electron chi connectivity index (χ2n) is 6.13. The minimum absolute atomic E-state index is 0.0368. The number of benzene rings is 1. The molecule has 1 unspecified atom stereocenters. The Labute approximate surface area is 173 Å². The fraction of sp³-hybridized carbons (Fsp3) is 0.421. The first-order valence-corrected chi connectivity index (χ1v) is 10.1. The van der Waals surface area contributed by atoms with E-state index in [0.29, 0.717) is 35.2 Å². The van der Waals surface area contributed by atoms with Crippen LogP contribution in [-0.2, 0) is 11.3 Å². The number of ether oxygens (including phenoxy) is 1. The number of nitro benzene ring substituents is 1. The van der Waals surface area contributed by atoms with Gasteiger partial charge in [-0.2, -0.15) is 0 Å². The summed E-state index contributed by atoms with van der Waals surface area (Å²) in [5.74, 6) is 0.126. The highest BCUT2D eigenvalue weighted by Gasteiger charge is 2.20. The lowest BCUT2D eigenvalue weighted by molar-refractivity contribution is -0.385. The molecule has 0 fully saturated rings. The lowest BCUT2D eigenvalue weighted by atomic mass is 10.2. The topological polar surface area (TPSA) is 119 Å². The van der Waals surface area contributed by atoms with Crippen molar-refractivity contribution in [2.24, 2.45) is 4.99 Å². The van der Waals surface area contributed by atoms with E-state index in [2.05, 4.69) is 20.6 Å². The minimum atomic E-state index is -0.414. The molecule has 1 atom stereocenters. The van der Waals surface area contributed by atoms with Crippen LogP contribution in [0.5, 0.6) is 0 Å². The fourth-order valence-corrected chi connectivity index (χ4v) is 3.53. The van der Waals surface area contributed by atoms with E-state index in [1.54, 1.807) is 32.0 Å². The molecule has 2 N–H and O–H groups in total. The summed E-state index contributed by atoms with van der Waals surface area (Å²) in [7, 11) is 0. The van der Waals surface area contributed by atoms with E-state index in [1.807, 2.05) is 13.8 Å². The molecule has 9 nitrogen and oxygen atoms in total. The molecule has 0 aliphatic heterocycles. The van der Waals surface area contributed by atoms with Gasteiger partial charge in [0, 0.05) is 12.6 Å². The Kier molecular flexibility index (Phi) is 8.08. The Morgan fingerprint density at radius 3 is 2.76 bits per heavy atom. The number of hydrogen-bond acceptors (Lipinski definition) is 7. The number of aliphatic imine (C=N–C) groups is 1. The van der Waals surface area contributed by atoms with Crippen LogP contribution in [0, 0.1) is 17.0 Å². The number of nitrogens with zero attached hydrogens (tertiary/aromatic N) is 3. The number of rotatable bonds is 8. The van der Waals surface area contributed by atoms with Gasteiger partial charge in [-0.3, -0.25) is 10.1 Å². The number of aromatic nitrogens is 1. The van der Waals surface area contributed by atoms with Gasteiger partial charge in [0.1, 0.15) is 9.88 Å². The number of nitrogens with one attached hydrogen (secondary N) is 2. The molecule has 10 heteroatoms. The Hall–Kier alpha value is -3.01. The molecule has 0 aliphatic carbocycles. The van der Waals surface area contributed by atoms with Crippen LogP contribution in [0.15, 0.2) is 29.3 Å². The van der Waals surface area contributed by atoms with Crippen LogP contribution in [0.3, 0.4) is 0 Å². The van der Waals surface area contributed by atoms with Crippen LogP contribution in [0.4, 0.5) is 5.69 Å². The third-order valence-electron chi connectivity index (χ3n) is 3.94. The van der Waals surface area contributed by atoms with Gasteiger partial charge in [0.15, 0.2) is 5.96 Å². The van der Waals surface area contributed by atoms with Crippen molar-refractivity contribution in [1.82, 2.24) is 15.6 Å². The van der Waals surface area contributed by atoms with Crippen molar-refractivity contribution in [2.45, 2.75) is 40.3 Å². The SMILES string of the molecule is CCNC(=NCc1ccccc1[N+](=O)[O-])NC(C)c1nc(C)c(C(=O)OCC)s1. The Morgan fingerprint density at radius 2 is 2.10 bits per heavy atom. The molecule has 1 heterocycles. The van der Waals surface area contributed by atoms with Gasteiger partial charge in [0.2, 0.25) is 0 Å². The monoisotopic (exact) mass is 419 g/mol. The zero-order chi connectivity index (χ0) is 21.4. The van der Waals surface area contributed by atoms with Crippen molar-refractivity contribution < 1.29 is 14.5 Å². The number of thiazole rings is 1. The molecule has 0 amide bonds. The minimum Gasteiger partial charge on any atom is -0.462 e. The summed E-state index contributed by atoms with van der Waals surface area (Å²) < 4.78 is 5.06. The van der Waals surface area contributed by atoms with Gasteiger partial charge in [-0.1, -0.05) is 18.2 Å². The van der Waals surface area contributed by atoms with E-state index in [1.165, 1.54) is 17.4 Å². The van der Waals surface area contributed by atoms with Gasteiger partial charge in [-0.15, -0.1) is 11.3 Å². The van der Waals surface area contributed by atoms with Gasteiger partial charge in [0.05, 0.1) is 35.4 Å². The number of para-hydroxylation sites is 1. The smallest absolute Gasteiger partial charge is 0.350 e. The molecule has 2 aromatic rings. The predicted octanol–water partition coefficient (Wildman–Crippen LogP) is 3.35. The maximum absolute atomic E-state index is 12.0. The van der Waals surface area contributed by atoms with E-state index < -0.39 is 4.92 Å². The van der Waals surface area contributed by atoms with Gasteiger partial charge in [-0.25, -0.2) is 14.8 Å². The van der Waals surface area contributed by atoms with Crippen LogP contribution in [0.1, 0.15) is 52.7 Å². The van der Waals surface area contributed by atoms with Crippen molar-refractivity contribution in [3.63, 3.8) is 0 Å². The summed E-state index contributed by atoms with van der Waals surface area (Å²) in [4.78, 5) is 32.2. The van der Waals surface area contributed by atoms with E-state index in [4.69, 9.17) is 4.74 Å². The second-order valence-corrected chi connectivity index (χ2v) is 7.16. The summed E-state index contributed by atoms with van der Waals surface area (Å²) in [6, 6.07) is 6.30. The quantitative estimate of drug-likeness (QED) is 0.221. The van der Waals surface area contributed by atoms with Crippen molar-refractivity contribution in [2.75, 3.05) is 13.2 Å². The largest absolute Gasteiger partial charge is 0.462 e. The highest BCUT2D eigenvalue weighted by Crippen LogP contribution is 2.24. The average Bonchev–Trinajstić information content (AvgIpc) is 3.08. The zero-order valence-electron chi connectivity index (χ0n) is 16.9. The van der Waals surface area contributed by atoms with Crippen LogP contribution < -0.4 is 10.6 Å². The summed E-state index contributed by atoms with van der Waals surface area (Å²) >= 11 is 1.28. The number of carbonyl (C=O) groups excluding carboxylic acids is 1. The van der Waals surface area contributed by atoms with Crippen LogP contribution in [-0.4, -0.2) is 35.0 Å². The molecule has 156 valence electrons. The fourth-order valence-electron chi connectivity index (χ4n) is 2.56. The van der Waals surface area contributed by atoms with E-state index in [-0.39, 0.29) is 24.2 Å². The summed E-state index contributed by atoms with van der Waals surface area (Å²) in [6.07, 6.45) is 0. The van der Waals surface area contributed by atoms with E-state index in [0.717, 1.165) is 5.01 Å². The summed E-state index contributed by atoms with van der Waals surface area (Å²) in [6.45, 7) is 8.46. The number of aryl methyl sites for hydroxylation is 1. The number of hydrogen-bond donors (Lipinski definition) is 2. The van der Waals surface area contributed by atoms with Crippen molar-refractivity contribution >= 4 is 29.0 Å². The first-order valence-electron chi connectivity index (χ1n) is 9.28. The van der Waals surface area contributed by atoms with Gasteiger partial charge < -0.3 is 15.4 Å². The van der Waals surface area contributed by atoms with Crippen LogP contribution >= 0.6 is 11.3 Å². The van der Waals surface area contributed by atoms with Crippen molar-refractivity contribution in [3.05, 3.63) is 55.5 Å². The average molecular weight is 420 g/mol. The van der Waals surface area contributed by atoms with Crippen LogP contribution in [0.25, 0.3) is 0 Å².